The summed E-state index contributed by atoms with van der Waals surface area (Å²) in [5.41, 5.74) is -1.90. The lowest BCUT2D eigenvalue weighted by Gasteiger charge is -2.56. The van der Waals surface area contributed by atoms with Gasteiger partial charge in [-0.25, -0.2) is 0 Å². The van der Waals surface area contributed by atoms with Crippen molar-refractivity contribution in [3.05, 3.63) is 69.2 Å². The monoisotopic (exact) mass is 644 g/mol. The molecule has 47 heavy (non-hydrogen) atoms. The zero-order chi connectivity index (χ0) is 34.3. The molecule has 1 unspecified atom stereocenters. The first-order chi connectivity index (χ1) is 22.0. The third-order valence-corrected chi connectivity index (χ3v) is 10.6. The molecule has 250 valence electrons. The number of ketones is 2. The van der Waals surface area contributed by atoms with Crippen LogP contribution < -0.4 is 9.47 Å². The number of rotatable bonds is 9. The number of carbonyl (C=O) groups excluding carboxylic acids is 3. The van der Waals surface area contributed by atoms with Crippen LogP contribution in [0.1, 0.15) is 103 Å². The van der Waals surface area contributed by atoms with Gasteiger partial charge in [0.05, 0.1) is 11.2 Å². The molecular formula is C38H44O9. The van der Waals surface area contributed by atoms with E-state index in [1.165, 1.54) is 6.08 Å². The molecule has 0 radical (unpaired) electrons. The van der Waals surface area contributed by atoms with Gasteiger partial charge in [-0.05, 0) is 93.2 Å². The molecule has 1 saturated carbocycles. The van der Waals surface area contributed by atoms with Crippen LogP contribution in [0.2, 0.25) is 0 Å². The second kappa shape index (κ2) is 11.0. The van der Waals surface area contributed by atoms with E-state index in [1.54, 1.807) is 26.0 Å². The smallest absolute Gasteiger partial charge is 0.298 e. The number of aliphatic hydroxyl groups is 1. The van der Waals surface area contributed by atoms with E-state index in [-0.39, 0.29) is 52.1 Å². The molecule has 1 aromatic carbocycles. The molecular weight excluding hydrogens is 600 g/mol. The van der Waals surface area contributed by atoms with E-state index < -0.39 is 34.1 Å². The number of phenols is 1. The Hall–Kier alpha value is -4.11. The fourth-order valence-electron chi connectivity index (χ4n) is 8.25. The van der Waals surface area contributed by atoms with Crippen molar-refractivity contribution >= 4 is 24.1 Å². The van der Waals surface area contributed by atoms with Gasteiger partial charge in [-0.1, -0.05) is 29.4 Å². The largest absolute Gasteiger partial charge is 0.508 e. The molecule has 9 nitrogen and oxygen atoms in total. The number of ether oxygens (including phenoxy) is 4. The van der Waals surface area contributed by atoms with Gasteiger partial charge in [0.25, 0.3) is 6.47 Å². The summed E-state index contributed by atoms with van der Waals surface area (Å²) in [4.78, 5) is 40.2. The molecule has 3 aliphatic heterocycles. The first-order valence-corrected chi connectivity index (χ1v) is 16.3. The standard InChI is InChI=1S/C38H44O9/c1-20(2)10-9-14-36(8)28(40)18-25-30(41)29-31(42)26-16-23-17-27-35(6,7)47-37(34(23)43,15-13-22(5)44-19-39)38(26,27)46-33(29)24(32(25)45-36)12-11-21(3)4/h10-11,13,16,18-19,23,27,40-41H,9,12,14-15,17H2,1-8H3/b22-13-/t23-,27?,36-,37-,38-/m1/s1. The van der Waals surface area contributed by atoms with Crippen LogP contribution >= 0.6 is 0 Å². The van der Waals surface area contributed by atoms with E-state index in [9.17, 15) is 24.6 Å². The van der Waals surface area contributed by atoms with E-state index in [2.05, 4.69) is 6.08 Å². The topological polar surface area (TPSA) is 129 Å². The van der Waals surface area contributed by atoms with Crippen molar-refractivity contribution in [1.82, 2.24) is 0 Å². The second-order valence-electron chi connectivity index (χ2n) is 14.7. The minimum Gasteiger partial charge on any atom is -0.508 e. The summed E-state index contributed by atoms with van der Waals surface area (Å²) in [6, 6.07) is 0. The highest BCUT2D eigenvalue weighted by Crippen LogP contribution is 2.68. The van der Waals surface area contributed by atoms with Gasteiger partial charge < -0.3 is 29.2 Å². The maximum atomic E-state index is 14.8. The minimum atomic E-state index is -1.59. The van der Waals surface area contributed by atoms with Crippen molar-refractivity contribution in [2.75, 3.05) is 0 Å². The van der Waals surface area contributed by atoms with Crippen LogP contribution in [0.5, 0.6) is 17.2 Å². The fourth-order valence-corrected chi connectivity index (χ4v) is 8.25. The lowest BCUT2D eigenvalue weighted by Crippen LogP contribution is -2.72. The number of Topliss-reactive ketones (excluding diaryl/α,β-unsaturated/α-hetero) is 2. The van der Waals surface area contributed by atoms with Crippen LogP contribution in [0.15, 0.2) is 52.5 Å². The summed E-state index contributed by atoms with van der Waals surface area (Å²) in [6.45, 7) is 15.5. The molecule has 0 aromatic heterocycles. The molecule has 2 N–H and O–H groups in total. The van der Waals surface area contributed by atoms with Gasteiger partial charge in [-0.15, -0.1) is 0 Å². The molecule has 9 heteroatoms. The average molecular weight is 645 g/mol. The Balaban J connectivity index is 1.60. The van der Waals surface area contributed by atoms with Gasteiger partial charge >= 0.3 is 0 Å². The van der Waals surface area contributed by atoms with E-state index in [0.717, 1.165) is 11.1 Å². The van der Waals surface area contributed by atoms with Crippen LogP contribution in [-0.2, 0) is 25.5 Å². The molecule has 1 spiro atoms. The average Bonchev–Trinajstić information content (AvgIpc) is 3.14. The summed E-state index contributed by atoms with van der Waals surface area (Å²) in [5, 5.41) is 23.0. The van der Waals surface area contributed by atoms with Gasteiger partial charge in [0.1, 0.15) is 34.3 Å². The summed E-state index contributed by atoms with van der Waals surface area (Å²) >= 11 is 0. The highest BCUT2D eigenvalue weighted by Gasteiger charge is 2.81. The number of carbonyl (C=O) groups is 3. The van der Waals surface area contributed by atoms with Gasteiger partial charge in [0.2, 0.25) is 0 Å². The van der Waals surface area contributed by atoms with Crippen LogP contribution in [0.3, 0.4) is 0 Å². The molecule has 0 amide bonds. The number of benzene rings is 1. The maximum Gasteiger partial charge on any atom is 0.298 e. The van der Waals surface area contributed by atoms with E-state index in [0.29, 0.717) is 49.2 Å². The highest BCUT2D eigenvalue weighted by molar-refractivity contribution is 6.19. The first-order valence-electron chi connectivity index (χ1n) is 16.3. The molecule has 7 rings (SSSR count). The fraction of sp³-hybridized carbons (Fsp3) is 0.500. The molecule has 1 aromatic rings. The van der Waals surface area contributed by atoms with Crippen LogP contribution in [0.25, 0.3) is 6.08 Å². The Morgan fingerprint density at radius 2 is 1.70 bits per heavy atom. The molecule has 3 aliphatic carbocycles. The molecule has 2 fully saturated rings. The molecule has 5 atom stereocenters. The van der Waals surface area contributed by atoms with Gasteiger partial charge in [-0.3, -0.25) is 14.4 Å². The number of phenolic OH excluding ortho intramolecular Hbond substituents is 1. The number of fused-ring (bicyclic) bond motifs is 2. The Kier molecular flexibility index (Phi) is 7.66. The zero-order valence-corrected chi connectivity index (χ0v) is 28.4. The number of hydrogen-bond acceptors (Lipinski definition) is 9. The molecule has 4 bridgehead atoms. The Bertz CT molecular complexity index is 1750. The van der Waals surface area contributed by atoms with Crippen molar-refractivity contribution in [3.63, 3.8) is 0 Å². The van der Waals surface area contributed by atoms with E-state index in [4.69, 9.17) is 18.9 Å². The van der Waals surface area contributed by atoms with Gasteiger partial charge in [0.15, 0.2) is 28.4 Å². The maximum absolute atomic E-state index is 14.8. The summed E-state index contributed by atoms with van der Waals surface area (Å²) in [7, 11) is 0. The first kappa shape index (κ1) is 32.8. The summed E-state index contributed by atoms with van der Waals surface area (Å²) in [6.07, 6.45) is 10.7. The van der Waals surface area contributed by atoms with Crippen molar-refractivity contribution in [1.29, 1.82) is 0 Å². The van der Waals surface area contributed by atoms with E-state index >= 15 is 0 Å². The van der Waals surface area contributed by atoms with Crippen molar-refractivity contribution in [2.24, 2.45) is 11.8 Å². The third kappa shape index (κ3) is 4.64. The zero-order valence-electron chi connectivity index (χ0n) is 28.4. The Morgan fingerprint density at radius 3 is 2.36 bits per heavy atom. The van der Waals surface area contributed by atoms with Crippen LogP contribution in [-0.4, -0.2) is 50.7 Å². The van der Waals surface area contributed by atoms with Crippen LogP contribution in [0.4, 0.5) is 0 Å². The second-order valence-corrected chi connectivity index (χ2v) is 14.7. The van der Waals surface area contributed by atoms with Gasteiger partial charge in [-0.2, -0.15) is 0 Å². The van der Waals surface area contributed by atoms with Crippen LogP contribution in [0, 0.1) is 11.8 Å². The number of hydrogen-bond donors (Lipinski definition) is 2. The van der Waals surface area contributed by atoms with Crippen molar-refractivity contribution in [3.8, 4) is 17.2 Å². The SMILES string of the molecule is CC(C)=CCC[C@@]1(C)Oc2c(c(O)c3c(c2CC=C(C)C)O[C@]24C(=C[C@@H]5CC2C(C)(C)O[C@]4(C/C=C(/C)OC=O)C5=O)C3=O)C=C1O. The Labute approximate surface area is 275 Å². The lowest BCUT2D eigenvalue weighted by molar-refractivity contribution is -0.171. The predicted octanol–water partition coefficient (Wildman–Crippen LogP) is 7.17. The normalized spacial score (nSPS) is 30.9. The number of allylic oxidation sites excluding steroid dienone is 6. The number of aliphatic hydroxyl groups excluding tert-OH is 1. The van der Waals surface area contributed by atoms with E-state index in [1.807, 2.05) is 47.6 Å². The molecule has 6 aliphatic rings. The molecule has 3 heterocycles. The lowest BCUT2D eigenvalue weighted by atomic mass is 9.51. The third-order valence-electron chi connectivity index (χ3n) is 10.6. The molecule has 1 saturated heterocycles. The number of aromatic hydroxyl groups is 1. The summed E-state index contributed by atoms with van der Waals surface area (Å²) in [5.74, 6) is -1.26. The quantitative estimate of drug-likeness (QED) is 0.163. The van der Waals surface area contributed by atoms with Crippen molar-refractivity contribution < 1.29 is 43.5 Å². The Morgan fingerprint density at radius 1 is 1.00 bits per heavy atom. The minimum absolute atomic E-state index is 0.0116. The highest BCUT2D eigenvalue weighted by atomic mass is 16.6. The van der Waals surface area contributed by atoms with Gasteiger partial charge in [0, 0.05) is 29.4 Å². The van der Waals surface area contributed by atoms with Crippen molar-refractivity contribution in [2.45, 2.75) is 110 Å². The predicted molar refractivity (Wildman–Crippen MR) is 175 cm³/mol. The summed E-state index contributed by atoms with van der Waals surface area (Å²) < 4.78 is 25.6.